The number of carbonyl (C=O) groups excluding carboxylic acids is 1. The van der Waals surface area contributed by atoms with Gasteiger partial charge in [-0.3, -0.25) is 4.79 Å². The summed E-state index contributed by atoms with van der Waals surface area (Å²) in [6, 6.07) is -0.172. The summed E-state index contributed by atoms with van der Waals surface area (Å²) < 4.78 is 0. The number of carbonyl (C=O) groups is 2. The molecule has 0 spiro atoms. The maximum absolute atomic E-state index is 11.6. The lowest BCUT2D eigenvalue weighted by Gasteiger charge is -2.23. The minimum atomic E-state index is -1.43. The predicted octanol–water partition coefficient (Wildman–Crippen LogP) is 0.700. The molecule has 0 saturated heterocycles. The van der Waals surface area contributed by atoms with E-state index < -0.39 is 18.0 Å². The molecule has 1 rings (SSSR count). The fraction of sp³-hybridized carbons (Fsp3) is 0.833. The summed E-state index contributed by atoms with van der Waals surface area (Å²) in [7, 11) is 0. The molecule has 0 aromatic heterocycles. The van der Waals surface area contributed by atoms with Gasteiger partial charge in [0.2, 0.25) is 0 Å². The van der Waals surface area contributed by atoms with Gasteiger partial charge in [-0.05, 0) is 25.7 Å². The Kier molecular flexibility index (Phi) is 4.95. The molecule has 0 radical (unpaired) electrons. The second kappa shape index (κ2) is 6.04. The molecule has 18 heavy (non-hydrogen) atoms. The van der Waals surface area contributed by atoms with Crippen molar-refractivity contribution in [3.63, 3.8) is 0 Å². The number of rotatable bonds is 5. The van der Waals surface area contributed by atoms with Crippen molar-refractivity contribution >= 4 is 12.0 Å². The van der Waals surface area contributed by atoms with Crippen LogP contribution in [0.3, 0.4) is 0 Å². The van der Waals surface area contributed by atoms with E-state index >= 15 is 0 Å². The van der Waals surface area contributed by atoms with E-state index in [4.69, 9.17) is 5.11 Å². The molecular weight excluding hydrogens is 236 g/mol. The Hall–Kier alpha value is -1.30. The van der Waals surface area contributed by atoms with E-state index in [1.165, 1.54) is 6.92 Å². The van der Waals surface area contributed by atoms with Crippen LogP contribution in [0.15, 0.2) is 0 Å². The van der Waals surface area contributed by atoms with E-state index in [1.807, 2.05) is 0 Å². The smallest absolute Gasteiger partial charge is 0.315 e. The molecule has 104 valence electrons. The van der Waals surface area contributed by atoms with E-state index in [2.05, 4.69) is 17.6 Å². The average molecular weight is 258 g/mol. The number of nitrogens with one attached hydrogen (secondary N) is 2. The van der Waals surface area contributed by atoms with Gasteiger partial charge in [0, 0.05) is 12.6 Å². The Morgan fingerprint density at radius 2 is 2.06 bits per heavy atom. The van der Waals surface area contributed by atoms with Crippen LogP contribution >= 0.6 is 0 Å². The first kappa shape index (κ1) is 14.8. The quantitative estimate of drug-likeness (QED) is 0.583. The van der Waals surface area contributed by atoms with Crippen LogP contribution in [0.4, 0.5) is 4.79 Å². The van der Waals surface area contributed by atoms with Gasteiger partial charge in [-0.2, -0.15) is 0 Å². The zero-order valence-corrected chi connectivity index (χ0v) is 10.9. The zero-order valence-electron chi connectivity index (χ0n) is 10.9. The van der Waals surface area contributed by atoms with Crippen LogP contribution in [0.1, 0.15) is 39.5 Å². The molecule has 4 N–H and O–H groups in total. The highest BCUT2D eigenvalue weighted by atomic mass is 16.4. The summed E-state index contributed by atoms with van der Waals surface area (Å²) in [5.74, 6) is -0.623. The first-order valence-corrected chi connectivity index (χ1v) is 6.29. The Morgan fingerprint density at radius 1 is 1.39 bits per heavy atom. The van der Waals surface area contributed by atoms with E-state index in [1.54, 1.807) is 0 Å². The van der Waals surface area contributed by atoms with Crippen molar-refractivity contribution in [3.05, 3.63) is 0 Å². The lowest BCUT2D eigenvalue weighted by Crippen LogP contribution is -2.48. The first-order chi connectivity index (χ1) is 8.30. The van der Waals surface area contributed by atoms with Crippen molar-refractivity contribution in [1.29, 1.82) is 0 Å². The molecule has 6 nitrogen and oxygen atoms in total. The molecule has 3 atom stereocenters. The van der Waals surface area contributed by atoms with Gasteiger partial charge in [-0.1, -0.05) is 13.3 Å². The number of carboxylic acids is 1. The molecule has 1 saturated carbocycles. The van der Waals surface area contributed by atoms with Gasteiger partial charge in [0.25, 0.3) is 0 Å². The molecule has 2 amide bonds. The van der Waals surface area contributed by atoms with E-state index in [-0.39, 0.29) is 18.6 Å². The van der Waals surface area contributed by atoms with Crippen molar-refractivity contribution in [2.75, 3.05) is 6.54 Å². The van der Waals surface area contributed by atoms with Crippen molar-refractivity contribution in [2.24, 2.45) is 5.92 Å². The van der Waals surface area contributed by atoms with Crippen LogP contribution in [0.25, 0.3) is 0 Å². The molecular formula is C12H22N2O4. The summed E-state index contributed by atoms with van der Waals surface area (Å²) >= 11 is 0. The van der Waals surface area contributed by atoms with Crippen molar-refractivity contribution in [3.8, 4) is 0 Å². The van der Waals surface area contributed by atoms with Crippen LogP contribution in [0, 0.1) is 5.92 Å². The number of hydrogen-bond acceptors (Lipinski definition) is 3. The third-order valence-corrected chi connectivity index (χ3v) is 3.34. The molecule has 0 aromatic carbocycles. The molecule has 0 heterocycles. The second-order valence-electron chi connectivity index (χ2n) is 5.41. The van der Waals surface area contributed by atoms with Gasteiger partial charge in [-0.15, -0.1) is 0 Å². The van der Waals surface area contributed by atoms with Gasteiger partial charge in [-0.25, -0.2) is 4.79 Å². The normalized spacial score (nSPS) is 26.4. The summed E-state index contributed by atoms with van der Waals surface area (Å²) in [5, 5.41) is 23.7. The van der Waals surface area contributed by atoms with Gasteiger partial charge >= 0.3 is 12.0 Å². The van der Waals surface area contributed by atoms with Crippen LogP contribution in [0.2, 0.25) is 0 Å². The fourth-order valence-electron chi connectivity index (χ4n) is 2.24. The molecule has 3 unspecified atom stereocenters. The van der Waals surface area contributed by atoms with Crippen LogP contribution in [-0.4, -0.2) is 40.4 Å². The van der Waals surface area contributed by atoms with E-state index in [0.717, 1.165) is 19.3 Å². The number of urea groups is 1. The molecule has 1 aliphatic rings. The van der Waals surface area contributed by atoms with Gasteiger partial charge in [0.1, 0.15) is 0 Å². The third-order valence-electron chi connectivity index (χ3n) is 3.34. The number of hydrogen-bond donors (Lipinski definition) is 4. The summed E-state index contributed by atoms with van der Waals surface area (Å²) in [6.45, 7) is 3.41. The Balaban J connectivity index is 2.30. The number of aliphatic hydroxyl groups is 1. The van der Waals surface area contributed by atoms with Crippen LogP contribution in [-0.2, 0) is 4.79 Å². The standard InChI is InChI=1S/C12H22N2O4/c1-8-4-3-5-9(8)14-11(17)13-7-12(2,18)6-10(15)16/h8-9,18H,3-7H2,1-2H3,(H,15,16)(H2,13,14,17). The molecule has 0 bridgehead atoms. The SMILES string of the molecule is CC1CCCC1NC(=O)NCC(C)(O)CC(=O)O. The molecule has 1 aliphatic carbocycles. The number of amides is 2. The Morgan fingerprint density at radius 3 is 2.56 bits per heavy atom. The monoisotopic (exact) mass is 258 g/mol. The van der Waals surface area contributed by atoms with E-state index in [0.29, 0.717) is 5.92 Å². The lowest BCUT2D eigenvalue weighted by atomic mass is 10.0. The Bertz CT molecular complexity index is 317. The largest absolute Gasteiger partial charge is 0.481 e. The highest BCUT2D eigenvalue weighted by molar-refractivity contribution is 5.74. The number of aliphatic carboxylic acids is 1. The Labute approximate surface area is 107 Å². The maximum atomic E-state index is 11.6. The highest BCUT2D eigenvalue weighted by Gasteiger charge is 2.27. The van der Waals surface area contributed by atoms with Gasteiger partial charge < -0.3 is 20.8 Å². The topological polar surface area (TPSA) is 98.7 Å². The summed E-state index contributed by atoms with van der Waals surface area (Å²) in [4.78, 5) is 22.1. The van der Waals surface area contributed by atoms with Crippen molar-refractivity contribution in [2.45, 2.75) is 51.2 Å². The van der Waals surface area contributed by atoms with Crippen molar-refractivity contribution in [1.82, 2.24) is 10.6 Å². The fourth-order valence-corrected chi connectivity index (χ4v) is 2.24. The molecule has 1 fully saturated rings. The molecule has 6 heteroatoms. The lowest BCUT2D eigenvalue weighted by molar-refractivity contribution is -0.141. The summed E-state index contributed by atoms with van der Waals surface area (Å²) in [5.41, 5.74) is -1.43. The van der Waals surface area contributed by atoms with Crippen molar-refractivity contribution < 1.29 is 19.8 Å². The minimum absolute atomic E-state index is 0.0771. The van der Waals surface area contributed by atoms with Crippen LogP contribution < -0.4 is 10.6 Å². The van der Waals surface area contributed by atoms with Gasteiger partial charge in [0.15, 0.2) is 0 Å². The van der Waals surface area contributed by atoms with E-state index in [9.17, 15) is 14.7 Å². The predicted molar refractivity (Wildman–Crippen MR) is 66.2 cm³/mol. The van der Waals surface area contributed by atoms with Crippen LogP contribution in [0.5, 0.6) is 0 Å². The average Bonchev–Trinajstić information content (AvgIpc) is 2.60. The molecule has 0 aromatic rings. The third kappa shape index (κ3) is 4.91. The maximum Gasteiger partial charge on any atom is 0.315 e. The number of carboxylic acid groups (broad SMARTS) is 1. The van der Waals surface area contributed by atoms with Gasteiger partial charge in [0.05, 0.1) is 12.0 Å². The summed E-state index contributed by atoms with van der Waals surface area (Å²) in [6.07, 6.45) is 2.80. The molecule has 0 aliphatic heterocycles. The first-order valence-electron chi connectivity index (χ1n) is 6.29. The zero-order chi connectivity index (χ0) is 13.8. The highest BCUT2D eigenvalue weighted by Crippen LogP contribution is 2.24. The minimum Gasteiger partial charge on any atom is -0.481 e. The second-order valence-corrected chi connectivity index (χ2v) is 5.41.